The second kappa shape index (κ2) is 2.20. The van der Waals surface area contributed by atoms with Crippen LogP contribution in [0.4, 0.5) is 0 Å². The second-order valence-electron chi connectivity index (χ2n) is 0.814. The van der Waals surface area contributed by atoms with Crippen molar-refractivity contribution in [1.82, 2.24) is 0 Å². The summed E-state index contributed by atoms with van der Waals surface area (Å²) in [6, 6.07) is 0. The standard InChI is InChI=1S/2Mn.7O. The molecule has 9 heteroatoms. The van der Waals surface area contributed by atoms with E-state index in [0.29, 0.717) is 0 Å². The van der Waals surface area contributed by atoms with Gasteiger partial charge in [0.25, 0.3) is 0 Å². The first-order chi connectivity index (χ1) is 3.71. The van der Waals surface area contributed by atoms with Crippen LogP contribution in [0.15, 0.2) is 0 Å². The quantitative estimate of drug-likeness (QED) is 0.562. The van der Waals surface area contributed by atoms with E-state index in [1.54, 1.807) is 0 Å². The van der Waals surface area contributed by atoms with Crippen molar-refractivity contribution in [2.24, 2.45) is 0 Å². The summed E-state index contributed by atoms with van der Waals surface area (Å²) in [4.78, 5) is 0. The van der Waals surface area contributed by atoms with E-state index >= 15 is 0 Å². The van der Waals surface area contributed by atoms with Crippen LogP contribution in [0.1, 0.15) is 0 Å². The third-order valence-electron chi connectivity index (χ3n) is 0.143. The van der Waals surface area contributed by atoms with Crippen LogP contribution in [0.5, 0.6) is 0 Å². The zero-order chi connectivity index (χ0) is 7.71. The SMILES string of the molecule is [O]=[Mn](=[O])(=[O])[O][Mn](=[O])(=[O])=[O]. The molecule has 0 aromatic carbocycles. The van der Waals surface area contributed by atoms with Gasteiger partial charge in [-0.2, -0.15) is 0 Å². The number of hydrogen-bond acceptors (Lipinski definition) is 7. The van der Waals surface area contributed by atoms with Crippen molar-refractivity contribution in [3.8, 4) is 0 Å². The van der Waals surface area contributed by atoms with Crippen LogP contribution in [0.2, 0.25) is 0 Å². The molecule has 7 nitrogen and oxygen atoms in total. The van der Waals surface area contributed by atoms with Crippen LogP contribution in [0.25, 0.3) is 0 Å². The van der Waals surface area contributed by atoms with E-state index in [2.05, 4.69) is 2.90 Å². The number of hydrogen-bond donors (Lipinski definition) is 0. The molecule has 0 radical (unpaired) electrons. The van der Waals surface area contributed by atoms with Gasteiger partial charge in [0.2, 0.25) is 0 Å². The molecule has 0 saturated heterocycles. The Morgan fingerprint density at radius 1 is 0.667 bits per heavy atom. The predicted molar refractivity (Wildman–Crippen MR) is 5.20 cm³/mol. The van der Waals surface area contributed by atoms with E-state index < -0.39 is 25.9 Å². The zero-order valence-electron chi connectivity index (χ0n) is 3.61. The van der Waals surface area contributed by atoms with E-state index in [1.165, 1.54) is 0 Å². The van der Waals surface area contributed by atoms with Gasteiger partial charge in [-0.05, 0) is 0 Å². The molecule has 0 aliphatic carbocycles. The molecule has 9 heavy (non-hydrogen) atoms. The minimum absolute atomic E-state index is 2.57. The topological polar surface area (TPSA) is 112 Å². The van der Waals surface area contributed by atoms with Crippen molar-refractivity contribution in [2.75, 3.05) is 0 Å². The second-order valence-corrected chi connectivity index (χ2v) is 4.11. The summed E-state index contributed by atoms with van der Waals surface area (Å²) in [5, 5.41) is 0. The normalized spacial score (nSPS) is 13.3. The molecule has 0 unspecified atom stereocenters. The van der Waals surface area contributed by atoms with Crippen LogP contribution in [0, 0.1) is 0 Å². The van der Waals surface area contributed by atoms with Gasteiger partial charge < -0.3 is 0 Å². The molecule has 0 aliphatic rings. The summed E-state index contributed by atoms with van der Waals surface area (Å²) < 4.78 is 58.7. The van der Waals surface area contributed by atoms with Gasteiger partial charge in [0.1, 0.15) is 0 Å². The van der Waals surface area contributed by atoms with E-state index in [-0.39, 0.29) is 0 Å². The van der Waals surface area contributed by atoms with Gasteiger partial charge in [-0.3, -0.25) is 0 Å². The molecule has 0 rings (SSSR count). The third kappa shape index (κ3) is 7.80. The van der Waals surface area contributed by atoms with E-state index in [4.69, 9.17) is 0 Å². The Balaban J connectivity index is 4.91. The fraction of sp³-hybridized carbons (Fsp3) is 0. The van der Waals surface area contributed by atoms with Crippen molar-refractivity contribution in [3.63, 3.8) is 0 Å². The van der Waals surface area contributed by atoms with Crippen LogP contribution >= 0.6 is 0 Å². The zero-order valence-corrected chi connectivity index (χ0v) is 5.97. The Kier molecular flexibility index (Phi) is 2.15. The molecular weight excluding hydrogens is 222 g/mol. The summed E-state index contributed by atoms with van der Waals surface area (Å²) in [7, 11) is 0. The number of rotatable bonds is 2. The summed E-state index contributed by atoms with van der Waals surface area (Å²) in [5.41, 5.74) is 0. The molecule has 0 saturated carbocycles. The van der Waals surface area contributed by atoms with Crippen LogP contribution in [-0.4, -0.2) is 0 Å². The van der Waals surface area contributed by atoms with Crippen molar-refractivity contribution < 1.29 is 51.9 Å². The van der Waals surface area contributed by atoms with Gasteiger partial charge in [-0.1, -0.05) is 0 Å². The summed E-state index contributed by atoms with van der Waals surface area (Å²) in [5.74, 6) is 0. The van der Waals surface area contributed by atoms with Gasteiger partial charge in [0, 0.05) is 0 Å². The molecule has 0 bridgehead atoms. The molecule has 0 N–H and O–H groups in total. The van der Waals surface area contributed by atoms with Gasteiger partial charge >= 0.3 is 51.9 Å². The Morgan fingerprint density at radius 2 is 0.889 bits per heavy atom. The Hall–Kier alpha value is -0.201. The average Bonchev–Trinajstić information content (AvgIpc) is 1.14. The monoisotopic (exact) mass is 222 g/mol. The third-order valence-corrected chi connectivity index (χ3v) is 2.43. The maximum atomic E-state index is 9.36. The first-order valence-electron chi connectivity index (χ1n) is 1.23. The predicted octanol–water partition coefficient (Wildman–Crippen LogP) is -0.786. The van der Waals surface area contributed by atoms with Gasteiger partial charge in [-0.15, -0.1) is 0 Å². The van der Waals surface area contributed by atoms with Crippen molar-refractivity contribution in [3.05, 3.63) is 0 Å². The fourth-order valence-electron chi connectivity index (χ4n) is 0.0875. The van der Waals surface area contributed by atoms with Gasteiger partial charge in [0.15, 0.2) is 0 Å². The summed E-state index contributed by atoms with van der Waals surface area (Å²) in [6.45, 7) is 0. The minimum atomic E-state index is -5.93. The van der Waals surface area contributed by atoms with E-state index in [0.717, 1.165) is 0 Å². The van der Waals surface area contributed by atoms with Crippen molar-refractivity contribution in [2.45, 2.75) is 0 Å². The van der Waals surface area contributed by atoms with E-state index in [9.17, 15) is 23.0 Å². The molecular formula is Mn2O7. The summed E-state index contributed by atoms with van der Waals surface area (Å²) in [6.07, 6.45) is 0. The Labute approximate surface area is 52.3 Å². The molecule has 56 valence electrons. The van der Waals surface area contributed by atoms with Gasteiger partial charge in [-0.25, -0.2) is 0 Å². The molecule has 0 fully saturated rings. The average molecular weight is 222 g/mol. The first kappa shape index (κ1) is 8.80. The first-order valence-corrected chi connectivity index (χ1v) is 5.09. The Morgan fingerprint density at radius 3 is 0.889 bits per heavy atom. The van der Waals surface area contributed by atoms with Crippen molar-refractivity contribution >= 4 is 0 Å². The van der Waals surface area contributed by atoms with Crippen LogP contribution in [-0.2, 0) is 51.9 Å². The summed E-state index contributed by atoms with van der Waals surface area (Å²) >= 11 is -11.9. The van der Waals surface area contributed by atoms with E-state index in [1.807, 2.05) is 0 Å². The van der Waals surface area contributed by atoms with Gasteiger partial charge in [0.05, 0.1) is 0 Å². The molecule has 0 atom stereocenters. The molecule has 0 aliphatic heterocycles. The van der Waals surface area contributed by atoms with Crippen LogP contribution < -0.4 is 0 Å². The molecule has 0 spiro atoms. The Bertz CT molecular complexity index is 305. The molecule has 0 aromatic rings. The van der Waals surface area contributed by atoms with Crippen LogP contribution in [0.3, 0.4) is 0 Å². The molecule has 0 aromatic heterocycles. The fourth-order valence-corrected chi connectivity index (χ4v) is 1.49. The molecule has 0 heterocycles. The molecule has 0 amide bonds. The van der Waals surface area contributed by atoms with Crippen molar-refractivity contribution in [1.29, 1.82) is 0 Å². The maximum absolute atomic E-state index is 9.36.